The molecule has 0 spiro atoms. The standard InChI is InChI=1S/C20H21NO/c1-13(22)15-12-17(14-8-4-3-5-9-14)20(2)16-10-6-7-11-18(16)21-19(15)20/h3-11,15,17,19,21H,12H2,1-2H3/t15-,17+,19+,20-/m1/s1. The van der Waals surface area contributed by atoms with E-state index in [1.165, 1.54) is 16.8 Å². The maximum absolute atomic E-state index is 12.2. The van der Waals surface area contributed by atoms with Gasteiger partial charge in [-0.05, 0) is 36.5 Å². The van der Waals surface area contributed by atoms with E-state index in [1.807, 2.05) is 0 Å². The molecule has 1 aliphatic heterocycles. The van der Waals surface area contributed by atoms with Crippen LogP contribution in [0.1, 0.15) is 37.3 Å². The van der Waals surface area contributed by atoms with Gasteiger partial charge in [-0.25, -0.2) is 0 Å². The summed E-state index contributed by atoms with van der Waals surface area (Å²) in [4.78, 5) is 12.2. The molecule has 1 aliphatic carbocycles. The molecule has 1 saturated carbocycles. The fourth-order valence-corrected chi connectivity index (χ4v) is 4.69. The first-order valence-electron chi connectivity index (χ1n) is 8.04. The van der Waals surface area contributed by atoms with Gasteiger partial charge in [-0.1, -0.05) is 55.5 Å². The zero-order valence-corrected chi connectivity index (χ0v) is 13.0. The molecule has 0 amide bonds. The number of hydrogen-bond acceptors (Lipinski definition) is 2. The van der Waals surface area contributed by atoms with Crippen LogP contribution in [0.15, 0.2) is 54.6 Å². The Morgan fingerprint density at radius 3 is 2.50 bits per heavy atom. The number of benzene rings is 2. The largest absolute Gasteiger partial charge is 0.380 e. The van der Waals surface area contributed by atoms with E-state index in [2.05, 4.69) is 66.8 Å². The predicted octanol–water partition coefficient (Wildman–Crippen LogP) is 4.13. The SMILES string of the molecule is CC(=O)[C@H]1C[C@@H](c2ccccc2)[C@@]2(C)c3ccccc3N[C@@H]12. The topological polar surface area (TPSA) is 29.1 Å². The number of nitrogens with one attached hydrogen (secondary N) is 1. The van der Waals surface area contributed by atoms with E-state index in [0.29, 0.717) is 11.7 Å². The van der Waals surface area contributed by atoms with Crippen LogP contribution in [0, 0.1) is 5.92 Å². The second-order valence-corrected chi connectivity index (χ2v) is 6.87. The molecule has 1 heterocycles. The van der Waals surface area contributed by atoms with Gasteiger partial charge in [-0.2, -0.15) is 0 Å². The molecule has 0 radical (unpaired) electrons. The third kappa shape index (κ3) is 1.70. The fraction of sp³-hybridized carbons (Fsp3) is 0.350. The molecule has 2 aliphatic rings. The normalized spacial score (nSPS) is 32.2. The van der Waals surface area contributed by atoms with E-state index >= 15 is 0 Å². The average Bonchev–Trinajstić information content (AvgIpc) is 2.98. The van der Waals surface area contributed by atoms with Gasteiger partial charge in [0.2, 0.25) is 0 Å². The van der Waals surface area contributed by atoms with Crippen molar-refractivity contribution < 1.29 is 4.79 Å². The van der Waals surface area contributed by atoms with Gasteiger partial charge in [0.15, 0.2) is 0 Å². The molecule has 2 heteroatoms. The lowest BCUT2D eigenvalue weighted by Crippen LogP contribution is -2.39. The van der Waals surface area contributed by atoms with Gasteiger partial charge >= 0.3 is 0 Å². The lowest BCUT2D eigenvalue weighted by Gasteiger charge is -2.32. The Kier molecular flexibility index (Phi) is 2.90. The van der Waals surface area contributed by atoms with Crippen LogP contribution in [0.2, 0.25) is 0 Å². The van der Waals surface area contributed by atoms with Crippen LogP contribution in [-0.4, -0.2) is 11.8 Å². The average molecular weight is 291 g/mol. The van der Waals surface area contributed by atoms with Crippen molar-refractivity contribution in [2.24, 2.45) is 5.92 Å². The van der Waals surface area contributed by atoms with Gasteiger partial charge in [-0.3, -0.25) is 4.79 Å². The summed E-state index contributed by atoms with van der Waals surface area (Å²) in [5.41, 5.74) is 3.88. The van der Waals surface area contributed by atoms with Crippen LogP contribution in [0.5, 0.6) is 0 Å². The molecule has 0 bridgehead atoms. The van der Waals surface area contributed by atoms with Gasteiger partial charge in [0.25, 0.3) is 0 Å². The Morgan fingerprint density at radius 1 is 1.09 bits per heavy atom. The number of Topliss-reactive ketones (excluding diaryl/α,β-unsaturated/α-hetero) is 1. The molecule has 0 saturated heterocycles. The summed E-state index contributed by atoms with van der Waals surface area (Å²) in [5, 5.41) is 3.65. The second-order valence-electron chi connectivity index (χ2n) is 6.87. The quantitative estimate of drug-likeness (QED) is 0.901. The van der Waals surface area contributed by atoms with E-state index in [0.717, 1.165) is 6.42 Å². The Hall–Kier alpha value is -2.09. The van der Waals surface area contributed by atoms with Gasteiger partial charge < -0.3 is 5.32 Å². The maximum atomic E-state index is 12.2. The van der Waals surface area contributed by atoms with Gasteiger partial charge in [-0.15, -0.1) is 0 Å². The zero-order chi connectivity index (χ0) is 15.3. The van der Waals surface area contributed by atoms with Gasteiger partial charge in [0.05, 0.1) is 0 Å². The van der Waals surface area contributed by atoms with Crippen LogP contribution in [0.4, 0.5) is 5.69 Å². The summed E-state index contributed by atoms with van der Waals surface area (Å²) in [6.07, 6.45) is 0.932. The Morgan fingerprint density at radius 2 is 1.77 bits per heavy atom. The number of ketones is 1. The summed E-state index contributed by atoms with van der Waals surface area (Å²) in [7, 11) is 0. The molecule has 0 unspecified atom stereocenters. The van der Waals surface area contributed by atoms with Crippen molar-refractivity contribution in [3.8, 4) is 0 Å². The number of fused-ring (bicyclic) bond motifs is 3. The summed E-state index contributed by atoms with van der Waals surface area (Å²) < 4.78 is 0. The van der Waals surface area contributed by atoms with Crippen LogP contribution in [0.25, 0.3) is 0 Å². The van der Waals surface area contributed by atoms with Crippen molar-refractivity contribution >= 4 is 11.5 Å². The molecule has 2 aromatic carbocycles. The number of para-hydroxylation sites is 1. The van der Waals surface area contributed by atoms with Gasteiger partial charge in [0, 0.05) is 23.1 Å². The lowest BCUT2D eigenvalue weighted by molar-refractivity contribution is -0.120. The van der Waals surface area contributed by atoms with Crippen molar-refractivity contribution in [1.82, 2.24) is 0 Å². The van der Waals surface area contributed by atoms with Crippen molar-refractivity contribution in [1.29, 1.82) is 0 Å². The van der Waals surface area contributed by atoms with E-state index < -0.39 is 0 Å². The highest BCUT2D eigenvalue weighted by Crippen LogP contribution is 2.59. The van der Waals surface area contributed by atoms with Crippen molar-refractivity contribution in [2.45, 2.75) is 37.6 Å². The van der Waals surface area contributed by atoms with Crippen molar-refractivity contribution in [3.05, 3.63) is 65.7 Å². The highest BCUT2D eigenvalue weighted by Gasteiger charge is 2.58. The van der Waals surface area contributed by atoms with Crippen LogP contribution >= 0.6 is 0 Å². The zero-order valence-electron chi connectivity index (χ0n) is 13.0. The minimum absolute atomic E-state index is 0.0196. The number of rotatable bonds is 2. The summed E-state index contributed by atoms with van der Waals surface area (Å²) in [6.45, 7) is 4.07. The third-order valence-corrected chi connectivity index (χ3v) is 5.80. The summed E-state index contributed by atoms with van der Waals surface area (Å²) in [6, 6.07) is 19.4. The maximum Gasteiger partial charge on any atom is 0.135 e. The number of anilines is 1. The monoisotopic (exact) mass is 291 g/mol. The molecule has 2 aromatic rings. The molecule has 1 fully saturated rings. The van der Waals surface area contributed by atoms with Crippen LogP contribution < -0.4 is 5.32 Å². The first kappa shape index (κ1) is 13.6. The molecule has 0 aromatic heterocycles. The molecular weight excluding hydrogens is 270 g/mol. The molecule has 4 rings (SSSR count). The highest BCUT2D eigenvalue weighted by molar-refractivity contribution is 5.82. The fourth-order valence-electron chi connectivity index (χ4n) is 4.69. The molecule has 4 atom stereocenters. The Labute approximate surface area is 131 Å². The number of hydrogen-bond donors (Lipinski definition) is 1. The highest BCUT2D eigenvalue weighted by atomic mass is 16.1. The first-order valence-corrected chi connectivity index (χ1v) is 8.04. The predicted molar refractivity (Wildman–Crippen MR) is 89.2 cm³/mol. The number of carbonyl (C=O) groups is 1. The first-order chi connectivity index (χ1) is 10.6. The Balaban J connectivity index is 1.88. The third-order valence-electron chi connectivity index (χ3n) is 5.80. The van der Waals surface area contributed by atoms with Crippen molar-refractivity contribution in [2.75, 3.05) is 5.32 Å². The van der Waals surface area contributed by atoms with Crippen molar-refractivity contribution in [3.63, 3.8) is 0 Å². The molecule has 1 N–H and O–H groups in total. The molecule has 22 heavy (non-hydrogen) atoms. The lowest BCUT2D eigenvalue weighted by atomic mass is 9.70. The van der Waals surface area contributed by atoms with E-state index in [-0.39, 0.29) is 17.4 Å². The number of carbonyl (C=O) groups excluding carboxylic acids is 1. The van der Waals surface area contributed by atoms with Crippen LogP contribution in [0.3, 0.4) is 0 Å². The second kappa shape index (κ2) is 4.70. The molecular formula is C20H21NO. The van der Waals surface area contributed by atoms with E-state index in [4.69, 9.17) is 0 Å². The molecule has 2 nitrogen and oxygen atoms in total. The molecule has 112 valence electrons. The summed E-state index contributed by atoms with van der Waals surface area (Å²) >= 11 is 0. The minimum Gasteiger partial charge on any atom is -0.380 e. The van der Waals surface area contributed by atoms with Crippen LogP contribution in [-0.2, 0) is 10.2 Å². The summed E-state index contributed by atoms with van der Waals surface area (Å²) in [5.74, 6) is 0.765. The van der Waals surface area contributed by atoms with E-state index in [9.17, 15) is 4.79 Å². The van der Waals surface area contributed by atoms with E-state index in [1.54, 1.807) is 6.92 Å². The minimum atomic E-state index is -0.0196. The Bertz CT molecular complexity index is 723. The smallest absolute Gasteiger partial charge is 0.135 e. The van der Waals surface area contributed by atoms with Gasteiger partial charge in [0.1, 0.15) is 5.78 Å².